The molecule has 0 saturated carbocycles. The van der Waals surface area contributed by atoms with Gasteiger partial charge in [0, 0.05) is 17.8 Å². The number of carbonyl (C=O) groups is 2. The summed E-state index contributed by atoms with van der Waals surface area (Å²) < 4.78 is 0. The van der Waals surface area contributed by atoms with Crippen LogP contribution in [0.4, 0.5) is 0 Å². The zero-order chi connectivity index (χ0) is 25.9. The second-order valence-corrected chi connectivity index (χ2v) is 9.82. The summed E-state index contributed by atoms with van der Waals surface area (Å²) in [7, 11) is 0. The number of benzene rings is 2. The first-order valence-corrected chi connectivity index (χ1v) is 11.9. The average molecular weight is 480 g/mol. The van der Waals surface area contributed by atoms with Gasteiger partial charge in [0.05, 0.1) is 23.9 Å². The Morgan fingerprint density at radius 3 is 2.26 bits per heavy atom. The maximum atomic E-state index is 13.9. The van der Waals surface area contributed by atoms with Crippen molar-refractivity contribution < 1.29 is 14.7 Å². The molecule has 0 radical (unpaired) electrons. The molecule has 1 aliphatic rings. The number of aryl methyl sites for hydroxylation is 2. The molecule has 0 fully saturated rings. The first-order valence-electron chi connectivity index (χ1n) is 11.9. The Bertz CT molecular complexity index is 1090. The van der Waals surface area contributed by atoms with Gasteiger partial charge in [-0.25, -0.2) is 0 Å². The Balaban J connectivity index is 1.83. The van der Waals surface area contributed by atoms with Crippen LogP contribution < -0.4 is 22.1 Å². The number of nitrogens with two attached hydrogens (primary N) is 2. The van der Waals surface area contributed by atoms with E-state index in [1.54, 1.807) is 24.0 Å². The van der Waals surface area contributed by atoms with Crippen molar-refractivity contribution in [2.45, 2.75) is 64.8 Å². The Morgan fingerprint density at radius 1 is 1.14 bits per heavy atom. The normalized spacial score (nSPS) is 17.7. The van der Waals surface area contributed by atoms with Crippen LogP contribution in [0.3, 0.4) is 0 Å². The zero-order valence-electron chi connectivity index (χ0n) is 21.1. The Hall–Kier alpha value is -3.36. The van der Waals surface area contributed by atoms with Gasteiger partial charge in [-0.3, -0.25) is 9.59 Å². The van der Waals surface area contributed by atoms with E-state index in [1.807, 2.05) is 64.2 Å². The SMILES string of the molecule is Cc1cc(C(N)=O)cc(C)c1C[C@](C)(N)C(=O)N(C(C)C)[C@@H](CO)C1NC=C(c2ccccc2)N1. The maximum Gasteiger partial charge on any atom is 0.248 e. The minimum absolute atomic E-state index is 0.202. The average Bonchev–Trinajstić information content (AvgIpc) is 3.29. The number of hydrogen-bond acceptors (Lipinski definition) is 6. The molecule has 1 aliphatic heterocycles. The van der Waals surface area contributed by atoms with E-state index in [0.717, 1.165) is 28.0 Å². The highest BCUT2D eigenvalue weighted by molar-refractivity contribution is 5.93. The van der Waals surface area contributed by atoms with Crippen LogP contribution in [0.25, 0.3) is 5.70 Å². The number of rotatable bonds is 9. The van der Waals surface area contributed by atoms with E-state index in [2.05, 4.69) is 10.6 Å². The van der Waals surface area contributed by atoms with E-state index >= 15 is 0 Å². The molecule has 2 aromatic carbocycles. The number of hydrogen-bond donors (Lipinski definition) is 5. The number of aliphatic hydroxyl groups is 1. The van der Waals surface area contributed by atoms with E-state index in [-0.39, 0.29) is 31.1 Å². The summed E-state index contributed by atoms with van der Waals surface area (Å²) in [5.41, 5.74) is 15.8. The number of amides is 2. The Kier molecular flexibility index (Phi) is 7.87. The van der Waals surface area contributed by atoms with Crippen LogP contribution in [0, 0.1) is 13.8 Å². The molecular weight excluding hydrogens is 442 g/mol. The smallest absolute Gasteiger partial charge is 0.248 e. The highest BCUT2D eigenvalue weighted by Gasteiger charge is 2.41. The highest BCUT2D eigenvalue weighted by atomic mass is 16.3. The van der Waals surface area contributed by atoms with Gasteiger partial charge in [-0.15, -0.1) is 0 Å². The molecule has 1 heterocycles. The fourth-order valence-electron chi connectivity index (χ4n) is 4.69. The lowest BCUT2D eigenvalue weighted by Crippen LogP contribution is -2.64. The van der Waals surface area contributed by atoms with Crippen LogP contribution in [0.5, 0.6) is 0 Å². The van der Waals surface area contributed by atoms with Gasteiger partial charge in [-0.2, -0.15) is 0 Å². The molecule has 1 unspecified atom stereocenters. The van der Waals surface area contributed by atoms with Crippen molar-refractivity contribution in [2.24, 2.45) is 11.5 Å². The lowest BCUT2D eigenvalue weighted by atomic mass is 9.86. The molecule has 0 saturated heterocycles. The number of primary amides is 1. The lowest BCUT2D eigenvalue weighted by molar-refractivity contribution is -0.143. The van der Waals surface area contributed by atoms with Crippen molar-refractivity contribution in [3.8, 4) is 0 Å². The van der Waals surface area contributed by atoms with Crippen LogP contribution in [-0.4, -0.2) is 52.2 Å². The fraction of sp³-hybridized carbons (Fsp3) is 0.407. The molecular formula is C27H37N5O3. The largest absolute Gasteiger partial charge is 0.394 e. The summed E-state index contributed by atoms with van der Waals surface area (Å²) in [6, 6.07) is 12.6. The molecule has 0 spiro atoms. The van der Waals surface area contributed by atoms with E-state index in [9.17, 15) is 14.7 Å². The predicted octanol–water partition coefficient (Wildman–Crippen LogP) is 1.78. The molecule has 3 atom stereocenters. The van der Waals surface area contributed by atoms with Gasteiger partial charge < -0.3 is 32.1 Å². The minimum Gasteiger partial charge on any atom is -0.394 e. The number of carbonyl (C=O) groups excluding carboxylic acids is 2. The molecule has 0 aliphatic carbocycles. The third kappa shape index (κ3) is 5.66. The van der Waals surface area contributed by atoms with Gasteiger partial charge >= 0.3 is 0 Å². The molecule has 8 nitrogen and oxygen atoms in total. The van der Waals surface area contributed by atoms with Crippen molar-refractivity contribution in [1.82, 2.24) is 15.5 Å². The minimum atomic E-state index is -1.24. The maximum absolute atomic E-state index is 13.9. The molecule has 2 amide bonds. The van der Waals surface area contributed by atoms with Crippen LogP contribution in [-0.2, 0) is 11.2 Å². The third-order valence-corrected chi connectivity index (χ3v) is 6.54. The van der Waals surface area contributed by atoms with Crippen LogP contribution in [0.2, 0.25) is 0 Å². The summed E-state index contributed by atoms with van der Waals surface area (Å²) in [6.45, 7) is 9.06. The molecule has 0 bridgehead atoms. The van der Waals surface area contributed by atoms with Gasteiger partial charge in [0.25, 0.3) is 0 Å². The first kappa shape index (κ1) is 26.2. The number of nitrogens with zero attached hydrogens (tertiary/aromatic N) is 1. The molecule has 0 aromatic heterocycles. The van der Waals surface area contributed by atoms with Crippen LogP contribution >= 0.6 is 0 Å². The topological polar surface area (TPSA) is 134 Å². The summed E-state index contributed by atoms with van der Waals surface area (Å²) in [5, 5.41) is 17.0. The summed E-state index contributed by atoms with van der Waals surface area (Å²) in [5.74, 6) is -0.757. The second-order valence-electron chi connectivity index (χ2n) is 9.82. The van der Waals surface area contributed by atoms with Gasteiger partial charge in [0.15, 0.2) is 0 Å². The monoisotopic (exact) mass is 479 g/mol. The van der Waals surface area contributed by atoms with Crippen molar-refractivity contribution in [2.75, 3.05) is 6.61 Å². The van der Waals surface area contributed by atoms with Gasteiger partial charge in [0.1, 0.15) is 6.17 Å². The van der Waals surface area contributed by atoms with Crippen molar-refractivity contribution in [1.29, 1.82) is 0 Å². The molecule has 35 heavy (non-hydrogen) atoms. The summed E-state index contributed by atoms with van der Waals surface area (Å²) >= 11 is 0. The van der Waals surface area contributed by atoms with Gasteiger partial charge in [0.2, 0.25) is 11.8 Å². The quantitative estimate of drug-likeness (QED) is 0.372. The first-order chi connectivity index (χ1) is 16.5. The van der Waals surface area contributed by atoms with E-state index in [4.69, 9.17) is 11.5 Å². The van der Waals surface area contributed by atoms with Crippen LogP contribution in [0.15, 0.2) is 48.7 Å². The lowest BCUT2D eigenvalue weighted by Gasteiger charge is -2.42. The van der Waals surface area contributed by atoms with Crippen molar-refractivity contribution >= 4 is 17.5 Å². The van der Waals surface area contributed by atoms with Crippen molar-refractivity contribution in [3.63, 3.8) is 0 Å². The molecule has 7 N–H and O–H groups in total. The summed E-state index contributed by atoms with van der Waals surface area (Å²) in [6.07, 6.45) is 1.76. The molecule has 3 rings (SSSR count). The Labute approximate surface area is 207 Å². The second kappa shape index (κ2) is 10.5. The van der Waals surface area contributed by atoms with Crippen molar-refractivity contribution in [3.05, 3.63) is 76.5 Å². The van der Waals surface area contributed by atoms with Gasteiger partial charge in [-0.05, 0) is 75.4 Å². The predicted molar refractivity (Wildman–Crippen MR) is 138 cm³/mol. The van der Waals surface area contributed by atoms with Crippen LogP contribution in [0.1, 0.15) is 53.4 Å². The van der Waals surface area contributed by atoms with E-state index in [1.165, 1.54) is 0 Å². The standard InChI is InChI=1S/C27H37N5O3/c1-16(2)32(23(15-33)25-30-14-22(31-25)19-9-7-6-8-10-19)26(35)27(5,29)13-21-17(3)11-20(24(28)34)12-18(21)4/h6-12,14,16,23,25,30-31,33H,13,15,29H2,1-5H3,(H2,28,34)/t23-,25?,27-/m0/s1. The molecule has 8 heteroatoms. The third-order valence-electron chi connectivity index (χ3n) is 6.54. The molecule has 2 aromatic rings. The van der Waals surface area contributed by atoms with E-state index in [0.29, 0.717) is 5.56 Å². The molecule has 188 valence electrons. The fourth-order valence-corrected chi connectivity index (χ4v) is 4.69. The Morgan fingerprint density at radius 2 is 1.74 bits per heavy atom. The van der Waals surface area contributed by atoms with E-state index < -0.39 is 17.5 Å². The zero-order valence-corrected chi connectivity index (χ0v) is 21.1. The van der Waals surface area contributed by atoms with Gasteiger partial charge in [-0.1, -0.05) is 30.3 Å². The number of aliphatic hydroxyl groups excluding tert-OH is 1. The number of nitrogens with one attached hydrogen (secondary N) is 2. The summed E-state index contributed by atoms with van der Waals surface area (Å²) in [4.78, 5) is 27.1. The highest BCUT2D eigenvalue weighted by Crippen LogP contribution is 2.25.